The summed E-state index contributed by atoms with van der Waals surface area (Å²) in [6.45, 7) is 8.18. The van der Waals surface area contributed by atoms with Gasteiger partial charge in [0.2, 0.25) is 11.8 Å². The van der Waals surface area contributed by atoms with E-state index in [0.29, 0.717) is 26.2 Å². The Morgan fingerprint density at radius 3 is 2.38 bits per heavy atom. The van der Waals surface area contributed by atoms with Crippen LogP contribution in [0.25, 0.3) is 0 Å². The predicted octanol–water partition coefficient (Wildman–Crippen LogP) is 2.79. The zero-order valence-corrected chi connectivity index (χ0v) is 15.5. The van der Waals surface area contributed by atoms with E-state index >= 15 is 0 Å². The Bertz CT molecular complexity index is 638. The van der Waals surface area contributed by atoms with Gasteiger partial charge in [-0.25, -0.2) is 0 Å². The smallest absolute Gasteiger partial charge is 0.245 e. The molecular weight excluding hydrogens is 328 g/mol. The van der Waals surface area contributed by atoms with Gasteiger partial charge in [0.25, 0.3) is 0 Å². The van der Waals surface area contributed by atoms with Gasteiger partial charge in [0, 0.05) is 32.1 Å². The second kappa shape index (κ2) is 8.49. The van der Waals surface area contributed by atoms with Crippen molar-refractivity contribution in [1.29, 1.82) is 0 Å². The number of likely N-dealkylation sites (tertiary alicyclic amines) is 1. The third kappa shape index (κ3) is 4.33. The minimum Gasteiger partial charge on any atom is -0.369 e. The molecule has 1 aromatic rings. The number of carbonyl (C=O) groups excluding carboxylic acids is 2. The molecule has 0 N–H and O–H groups in total. The van der Waals surface area contributed by atoms with E-state index in [1.807, 2.05) is 30.0 Å². The number of carbonyl (C=O) groups is 2. The van der Waals surface area contributed by atoms with E-state index < -0.39 is 0 Å². The Labute approximate surface area is 155 Å². The van der Waals surface area contributed by atoms with Crippen molar-refractivity contribution in [3.05, 3.63) is 48.6 Å². The van der Waals surface area contributed by atoms with Crippen molar-refractivity contribution in [3.8, 4) is 0 Å². The first-order chi connectivity index (χ1) is 12.6. The van der Waals surface area contributed by atoms with Crippen molar-refractivity contribution in [1.82, 2.24) is 9.80 Å². The van der Waals surface area contributed by atoms with Crippen molar-refractivity contribution >= 4 is 11.8 Å². The van der Waals surface area contributed by atoms with Gasteiger partial charge < -0.3 is 14.5 Å². The van der Waals surface area contributed by atoms with Crippen LogP contribution in [0.15, 0.2) is 43.0 Å². The van der Waals surface area contributed by atoms with Crippen LogP contribution in [0.4, 0.5) is 0 Å². The molecule has 5 heteroatoms. The summed E-state index contributed by atoms with van der Waals surface area (Å²) in [4.78, 5) is 28.4. The largest absolute Gasteiger partial charge is 0.369 e. The van der Waals surface area contributed by atoms with Crippen molar-refractivity contribution in [2.24, 2.45) is 5.92 Å². The summed E-state index contributed by atoms with van der Waals surface area (Å²) in [5.74, 6) is 0.169. The number of hydrogen-bond acceptors (Lipinski definition) is 3. The molecule has 140 valence electrons. The average Bonchev–Trinajstić information content (AvgIpc) is 2.89. The lowest BCUT2D eigenvalue weighted by atomic mass is 9.95. The Balaban J connectivity index is 1.58. The Morgan fingerprint density at radius 1 is 1.08 bits per heavy atom. The number of hydrogen-bond donors (Lipinski definition) is 0. The molecule has 2 saturated heterocycles. The van der Waals surface area contributed by atoms with Gasteiger partial charge in [-0.2, -0.15) is 0 Å². The first-order valence-electron chi connectivity index (χ1n) is 9.49. The molecule has 0 aromatic heterocycles. The molecule has 1 aromatic carbocycles. The third-order valence-electron chi connectivity index (χ3n) is 5.35. The molecular formula is C21H28N2O3. The zero-order valence-electron chi connectivity index (χ0n) is 15.5. The van der Waals surface area contributed by atoms with Crippen molar-refractivity contribution in [3.63, 3.8) is 0 Å². The highest BCUT2D eigenvalue weighted by molar-refractivity contribution is 5.87. The van der Waals surface area contributed by atoms with E-state index in [1.54, 1.807) is 4.90 Å². The normalized spacial score (nSPS) is 24.8. The summed E-state index contributed by atoms with van der Waals surface area (Å²) in [7, 11) is 0. The first-order valence-corrected chi connectivity index (χ1v) is 9.49. The molecule has 2 unspecified atom stereocenters. The molecule has 0 radical (unpaired) electrons. The molecule has 0 saturated carbocycles. The lowest BCUT2D eigenvalue weighted by Gasteiger charge is -2.33. The van der Waals surface area contributed by atoms with E-state index in [2.05, 4.69) is 18.7 Å². The van der Waals surface area contributed by atoms with Gasteiger partial charge in [0.05, 0.1) is 12.2 Å². The molecule has 2 fully saturated rings. The predicted molar refractivity (Wildman–Crippen MR) is 100 cm³/mol. The number of nitrogens with zero attached hydrogens (tertiary/aromatic N) is 2. The molecule has 2 amide bonds. The third-order valence-corrected chi connectivity index (χ3v) is 5.35. The van der Waals surface area contributed by atoms with Crippen LogP contribution in [0.3, 0.4) is 0 Å². The molecule has 5 nitrogen and oxygen atoms in total. The van der Waals surface area contributed by atoms with E-state index in [1.165, 1.54) is 11.6 Å². The van der Waals surface area contributed by atoms with Crippen LogP contribution >= 0.6 is 0 Å². The molecule has 2 aliphatic rings. The fourth-order valence-corrected chi connectivity index (χ4v) is 3.91. The van der Waals surface area contributed by atoms with Crippen LogP contribution in [0.1, 0.15) is 37.9 Å². The summed E-state index contributed by atoms with van der Waals surface area (Å²) >= 11 is 0. The topological polar surface area (TPSA) is 49.9 Å². The highest BCUT2D eigenvalue weighted by Gasteiger charge is 2.32. The maximum Gasteiger partial charge on any atom is 0.245 e. The molecule has 2 heterocycles. The standard InChI is InChI=1S/C21H28N2O3/c1-3-20(24)22-12-9-18(10-13-22)21(25)23-14-11-19(26-16(2)15-23)17-7-5-4-6-8-17/h3-8,16,18-19H,1,9-15H2,2H3. The van der Waals surface area contributed by atoms with Crippen LogP contribution in [-0.2, 0) is 14.3 Å². The summed E-state index contributed by atoms with van der Waals surface area (Å²) in [5.41, 5.74) is 1.17. The van der Waals surface area contributed by atoms with Crippen LogP contribution in [-0.4, -0.2) is 53.9 Å². The second-order valence-corrected chi connectivity index (χ2v) is 7.22. The highest BCUT2D eigenvalue weighted by Crippen LogP contribution is 2.28. The van der Waals surface area contributed by atoms with E-state index in [9.17, 15) is 9.59 Å². The van der Waals surface area contributed by atoms with Gasteiger partial charge in [0.15, 0.2) is 0 Å². The molecule has 2 aliphatic heterocycles. The first kappa shape index (κ1) is 18.6. The number of piperidine rings is 1. The number of ether oxygens (including phenoxy) is 1. The minimum absolute atomic E-state index is 0.00402. The minimum atomic E-state index is -0.0432. The van der Waals surface area contributed by atoms with E-state index in [-0.39, 0.29) is 29.9 Å². The van der Waals surface area contributed by atoms with Gasteiger partial charge in [-0.05, 0) is 37.8 Å². The number of rotatable bonds is 3. The summed E-state index contributed by atoms with van der Waals surface area (Å²) < 4.78 is 6.17. The Morgan fingerprint density at radius 2 is 1.73 bits per heavy atom. The van der Waals surface area contributed by atoms with Crippen molar-refractivity contribution in [2.45, 2.75) is 38.4 Å². The maximum absolute atomic E-state index is 13.0. The fraction of sp³-hybridized carbons (Fsp3) is 0.524. The lowest BCUT2D eigenvalue weighted by Crippen LogP contribution is -2.45. The summed E-state index contributed by atoms with van der Waals surface area (Å²) in [6.07, 6.45) is 3.66. The zero-order chi connectivity index (χ0) is 18.5. The van der Waals surface area contributed by atoms with Gasteiger partial charge >= 0.3 is 0 Å². The molecule has 0 spiro atoms. The quantitative estimate of drug-likeness (QED) is 0.783. The average molecular weight is 356 g/mol. The molecule has 3 rings (SSSR count). The van der Waals surface area contributed by atoms with Crippen LogP contribution in [0.5, 0.6) is 0 Å². The SMILES string of the molecule is C=CC(=O)N1CCC(C(=O)N2CCC(c3ccccc3)OC(C)C2)CC1. The van der Waals surface area contributed by atoms with Crippen LogP contribution in [0.2, 0.25) is 0 Å². The van der Waals surface area contributed by atoms with Crippen molar-refractivity contribution < 1.29 is 14.3 Å². The van der Waals surface area contributed by atoms with E-state index in [4.69, 9.17) is 4.74 Å². The molecule has 26 heavy (non-hydrogen) atoms. The molecule has 0 aliphatic carbocycles. The Hall–Kier alpha value is -2.14. The maximum atomic E-state index is 13.0. The van der Waals surface area contributed by atoms with E-state index in [0.717, 1.165) is 19.3 Å². The highest BCUT2D eigenvalue weighted by atomic mass is 16.5. The molecule has 2 atom stereocenters. The van der Waals surface area contributed by atoms with Gasteiger partial charge in [-0.1, -0.05) is 36.9 Å². The van der Waals surface area contributed by atoms with Gasteiger partial charge in [-0.3, -0.25) is 9.59 Å². The fourth-order valence-electron chi connectivity index (χ4n) is 3.91. The Kier molecular flexibility index (Phi) is 6.09. The lowest BCUT2D eigenvalue weighted by molar-refractivity contribution is -0.140. The van der Waals surface area contributed by atoms with Crippen LogP contribution < -0.4 is 0 Å². The summed E-state index contributed by atoms with van der Waals surface area (Å²) in [5, 5.41) is 0. The monoisotopic (exact) mass is 356 g/mol. The van der Waals surface area contributed by atoms with Gasteiger partial charge in [-0.15, -0.1) is 0 Å². The second-order valence-electron chi connectivity index (χ2n) is 7.22. The van der Waals surface area contributed by atoms with Crippen molar-refractivity contribution in [2.75, 3.05) is 26.2 Å². The van der Waals surface area contributed by atoms with Gasteiger partial charge in [0.1, 0.15) is 0 Å². The number of amides is 2. The number of benzene rings is 1. The summed E-state index contributed by atoms with van der Waals surface area (Å²) in [6, 6.07) is 10.2. The van der Waals surface area contributed by atoms with Crippen LogP contribution in [0, 0.1) is 5.92 Å². The molecule has 0 bridgehead atoms.